The zero-order valence-electron chi connectivity index (χ0n) is 11.8. The second-order valence-electron chi connectivity index (χ2n) is 5.73. The van der Waals surface area contributed by atoms with Gasteiger partial charge in [-0.3, -0.25) is 4.79 Å². The molecule has 2 aliphatic rings. The van der Waals surface area contributed by atoms with Crippen molar-refractivity contribution in [3.05, 3.63) is 29.8 Å². The predicted octanol–water partition coefficient (Wildman–Crippen LogP) is 2.60. The van der Waals surface area contributed by atoms with Gasteiger partial charge in [-0.2, -0.15) is 17.0 Å². The molecular weight excluding hydrogens is 284 g/mol. The Balaban J connectivity index is 1.60. The number of hydrogen-bond acceptors (Lipinski definition) is 4. The third-order valence-corrected chi connectivity index (χ3v) is 5.08. The molecule has 0 bridgehead atoms. The van der Waals surface area contributed by atoms with Crippen LogP contribution in [-0.2, 0) is 0 Å². The number of nitriles is 1. The van der Waals surface area contributed by atoms with Gasteiger partial charge in [-0.1, -0.05) is 0 Å². The number of ether oxygens (including phenoxy) is 1. The summed E-state index contributed by atoms with van der Waals surface area (Å²) in [5.74, 6) is 2.90. The van der Waals surface area contributed by atoms with Crippen molar-refractivity contribution in [2.75, 3.05) is 18.1 Å². The minimum absolute atomic E-state index is 0.187. The Morgan fingerprint density at radius 3 is 2.76 bits per heavy atom. The molecule has 110 valence electrons. The number of rotatable bonds is 5. The molecule has 1 atom stereocenters. The van der Waals surface area contributed by atoms with Gasteiger partial charge < -0.3 is 10.1 Å². The molecule has 2 fully saturated rings. The summed E-state index contributed by atoms with van der Waals surface area (Å²) in [7, 11) is 0. The lowest BCUT2D eigenvalue weighted by molar-refractivity contribution is 0.0926. The van der Waals surface area contributed by atoms with Crippen LogP contribution < -0.4 is 10.1 Å². The average Bonchev–Trinajstić information content (AvgIpc) is 3.24. The molecule has 3 rings (SSSR count). The third kappa shape index (κ3) is 3.51. The van der Waals surface area contributed by atoms with E-state index < -0.39 is 5.54 Å². The fourth-order valence-electron chi connectivity index (χ4n) is 2.27. The second kappa shape index (κ2) is 5.98. The topological polar surface area (TPSA) is 62.1 Å². The number of nitrogens with one attached hydrogen (secondary N) is 1. The van der Waals surface area contributed by atoms with Gasteiger partial charge >= 0.3 is 0 Å². The summed E-state index contributed by atoms with van der Waals surface area (Å²) in [6, 6.07) is 9.40. The van der Waals surface area contributed by atoms with E-state index >= 15 is 0 Å². The summed E-state index contributed by atoms with van der Waals surface area (Å²) in [5, 5.41) is 12.2. The van der Waals surface area contributed by atoms with Crippen molar-refractivity contribution >= 4 is 17.7 Å². The molecule has 0 radical (unpaired) electrons. The van der Waals surface area contributed by atoms with Gasteiger partial charge in [-0.25, -0.2) is 0 Å². The third-order valence-electron chi connectivity index (χ3n) is 3.89. The van der Waals surface area contributed by atoms with E-state index in [1.807, 2.05) is 12.1 Å². The van der Waals surface area contributed by atoms with Gasteiger partial charge in [0.1, 0.15) is 11.3 Å². The molecule has 1 heterocycles. The number of nitrogens with zero attached hydrogens (tertiary/aromatic N) is 1. The Morgan fingerprint density at radius 1 is 1.43 bits per heavy atom. The van der Waals surface area contributed by atoms with Crippen molar-refractivity contribution in [3.8, 4) is 11.8 Å². The predicted molar refractivity (Wildman–Crippen MR) is 82.4 cm³/mol. The van der Waals surface area contributed by atoms with E-state index in [9.17, 15) is 10.1 Å². The first-order chi connectivity index (χ1) is 10.2. The minimum Gasteiger partial charge on any atom is -0.493 e. The van der Waals surface area contributed by atoms with Crippen molar-refractivity contribution < 1.29 is 9.53 Å². The summed E-state index contributed by atoms with van der Waals surface area (Å²) in [5.41, 5.74) is -0.136. The Hall–Kier alpha value is -1.67. The highest BCUT2D eigenvalue weighted by Gasteiger charge is 2.36. The zero-order chi connectivity index (χ0) is 14.7. The molecule has 0 aromatic heterocycles. The normalized spacial score (nSPS) is 24.3. The second-order valence-corrected chi connectivity index (χ2v) is 6.83. The molecule has 1 saturated heterocycles. The Labute approximate surface area is 128 Å². The van der Waals surface area contributed by atoms with Gasteiger partial charge in [0.2, 0.25) is 0 Å². The molecule has 0 unspecified atom stereocenters. The SMILES string of the molecule is N#C[C@]1(NC(=O)c2ccc(OCC3CC3)cc2)CCSC1. The van der Waals surface area contributed by atoms with Crippen LogP contribution in [0.3, 0.4) is 0 Å². The van der Waals surface area contributed by atoms with Crippen LogP contribution in [0.4, 0.5) is 0 Å². The minimum atomic E-state index is -0.705. The van der Waals surface area contributed by atoms with Crippen LogP contribution in [0.2, 0.25) is 0 Å². The molecule has 1 amide bonds. The largest absolute Gasteiger partial charge is 0.493 e. The standard InChI is InChI=1S/C16H18N2O2S/c17-10-16(7-8-21-11-16)18-15(19)13-3-5-14(6-4-13)20-9-12-1-2-12/h3-6,12H,1-2,7-9,11H2,(H,18,19)/t16-/m1/s1. The highest BCUT2D eigenvalue weighted by Crippen LogP contribution is 2.30. The van der Waals surface area contributed by atoms with Crippen molar-refractivity contribution in [3.63, 3.8) is 0 Å². The molecule has 1 saturated carbocycles. The number of amides is 1. The highest BCUT2D eigenvalue weighted by atomic mass is 32.2. The van der Waals surface area contributed by atoms with E-state index in [1.165, 1.54) is 12.8 Å². The smallest absolute Gasteiger partial charge is 0.252 e. The van der Waals surface area contributed by atoms with Crippen molar-refractivity contribution in [2.24, 2.45) is 5.92 Å². The number of thioether (sulfide) groups is 1. The first kappa shape index (κ1) is 14.3. The van der Waals surface area contributed by atoms with Gasteiger partial charge in [-0.15, -0.1) is 0 Å². The maximum absolute atomic E-state index is 12.2. The molecule has 1 aromatic rings. The van der Waals surface area contributed by atoms with Gasteiger partial charge in [0.25, 0.3) is 5.91 Å². The number of carbonyl (C=O) groups is 1. The van der Waals surface area contributed by atoms with Gasteiger partial charge in [-0.05, 0) is 55.2 Å². The van der Waals surface area contributed by atoms with E-state index in [-0.39, 0.29) is 5.91 Å². The molecule has 21 heavy (non-hydrogen) atoms. The molecule has 4 nitrogen and oxygen atoms in total. The average molecular weight is 302 g/mol. The summed E-state index contributed by atoms with van der Waals surface area (Å²) in [6.07, 6.45) is 3.23. The maximum atomic E-state index is 12.2. The summed E-state index contributed by atoms with van der Waals surface area (Å²) in [6.45, 7) is 0.764. The Kier molecular flexibility index (Phi) is 4.07. The molecule has 5 heteroatoms. The van der Waals surface area contributed by atoms with Crippen LogP contribution in [-0.4, -0.2) is 29.6 Å². The Bertz CT molecular complexity index is 555. The van der Waals surface area contributed by atoms with Gasteiger partial charge in [0.15, 0.2) is 0 Å². The van der Waals surface area contributed by atoms with Crippen molar-refractivity contribution in [1.82, 2.24) is 5.32 Å². The van der Waals surface area contributed by atoms with E-state index in [0.717, 1.165) is 18.1 Å². The lowest BCUT2D eigenvalue weighted by Gasteiger charge is -2.21. The number of benzene rings is 1. The summed E-state index contributed by atoms with van der Waals surface area (Å²) >= 11 is 1.70. The summed E-state index contributed by atoms with van der Waals surface area (Å²) < 4.78 is 5.65. The van der Waals surface area contributed by atoms with E-state index in [0.29, 0.717) is 23.7 Å². The van der Waals surface area contributed by atoms with Crippen LogP contribution in [0, 0.1) is 17.2 Å². The molecule has 1 aliphatic carbocycles. The monoisotopic (exact) mass is 302 g/mol. The number of carbonyl (C=O) groups excluding carboxylic acids is 1. The molecule has 1 N–H and O–H groups in total. The quantitative estimate of drug-likeness (QED) is 0.908. The molecule has 1 aromatic carbocycles. The van der Waals surface area contributed by atoms with E-state index in [2.05, 4.69) is 11.4 Å². The van der Waals surface area contributed by atoms with Crippen LogP contribution in [0.5, 0.6) is 5.75 Å². The highest BCUT2D eigenvalue weighted by molar-refractivity contribution is 7.99. The Morgan fingerprint density at radius 2 is 2.19 bits per heavy atom. The van der Waals surface area contributed by atoms with Crippen molar-refractivity contribution in [1.29, 1.82) is 5.26 Å². The van der Waals surface area contributed by atoms with E-state index in [4.69, 9.17) is 4.74 Å². The lowest BCUT2D eigenvalue weighted by Crippen LogP contribution is -2.47. The van der Waals surface area contributed by atoms with Crippen LogP contribution in [0.1, 0.15) is 29.6 Å². The van der Waals surface area contributed by atoms with Gasteiger partial charge in [0, 0.05) is 11.3 Å². The number of hydrogen-bond donors (Lipinski definition) is 1. The van der Waals surface area contributed by atoms with Crippen LogP contribution >= 0.6 is 11.8 Å². The fraction of sp³-hybridized carbons (Fsp3) is 0.500. The molecule has 1 aliphatic heterocycles. The van der Waals surface area contributed by atoms with E-state index in [1.54, 1.807) is 23.9 Å². The fourth-order valence-corrected chi connectivity index (χ4v) is 3.54. The van der Waals surface area contributed by atoms with Crippen LogP contribution in [0.25, 0.3) is 0 Å². The first-order valence-electron chi connectivity index (χ1n) is 7.25. The lowest BCUT2D eigenvalue weighted by atomic mass is 10.0. The summed E-state index contributed by atoms with van der Waals surface area (Å²) in [4.78, 5) is 12.2. The molecule has 0 spiro atoms. The maximum Gasteiger partial charge on any atom is 0.252 e. The molecular formula is C16H18N2O2S. The van der Waals surface area contributed by atoms with Gasteiger partial charge in [0.05, 0.1) is 12.7 Å². The first-order valence-corrected chi connectivity index (χ1v) is 8.41. The van der Waals surface area contributed by atoms with Crippen molar-refractivity contribution in [2.45, 2.75) is 24.8 Å². The van der Waals surface area contributed by atoms with Crippen LogP contribution in [0.15, 0.2) is 24.3 Å². The zero-order valence-corrected chi connectivity index (χ0v) is 12.6.